The van der Waals surface area contributed by atoms with Gasteiger partial charge in [-0.05, 0) is 63.2 Å². The molecule has 160 valence electrons. The number of amides is 1. The molecule has 1 unspecified atom stereocenters. The number of rotatable bonds is 16. The van der Waals surface area contributed by atoms with Gasteiger partial charge in [0.05, 0.1) is 0 Å². The smallest absolute Gasteiger partial charge is 0.303 e. The van der Waals surface area contributed by atoms with Crippen molar-refractivity contribution in [3.8, 4) is 0 Å². The zero-order chi connectivity index (χ0) is 20.5. The van der Waals surface area contributed by atoms with Crippen LogP contribution in [-0.4, -0.2) is 23.5 Å². The fourth-order valence-corrected chi connectivity index (χ4v) is 3.90. The van der Waals surface area contributed by atoms with E-state index in [1.807, 2.05) is 0 Å². The van der Waals surface area contributed by atoms with E-state index in [9.17, 15) is 9.59 Å². The third-order valence-electron chi connectivity index (χ3n) is 5.60. The molecule has 1 fully saturated rings. The van der Waals surface area contributed by atoms with Crippen LogP contribution in [0.4, 0.5) is 0 Å². The van der Waals surface area contributed by atoms with Crippen molar-refractivity contribution < 1.29 is 14.7 Å². The number of unbranched alkanes of at least 4 members (excludes halogenated alkanes) is 5. The second-order valence-electron chi connectivity index (χ2n) is 8.08. The van der Waals surface area contributed by atoms with E-state index >= 15 is 0 Å². The molecule has 0 aromatic rings. The maximum absolute atomic E-state index is 11.7. The lowest BCUT2D eigenvalue weighted by Crippen LogP contribution is -2.24. The van der Waals surface area contributed by atoms with Gasteiger partial charge in [0.2, 0.25) is 5.91 Å². The highest BCUT2D eigenvalue weighted by Gasteiger charge is 2.23. The van der Waals surface area contributed by atoms with Gasteiger partial charge in [0, 0.05) is 19.4 Å². The topological polar surface area (TPSA) is 66.4 Å². The van der Waals surface area contributed by atoms with Crippen LogP contribution >= 0.6 is 0 Å². The summed E-state index contributed by atoms with van der Waals surface area (Å²) in [7, 11) is 0. The summed E-state index contributed by atoms with van der Waals surface area (Å²) in [4.78, 5) is 22.1. The summed E-state index contributed by atoms with van der Waals surface area (Å²) in [5, 5.41) is 11.3. The monoisotopic (exact) mass is 391 g/mol. The van der Waals surface area contributed by atoms with Crippen LogP contribution in [0.2, 0.25) is 0 Å². The molecule has 2 N–H and O–H groups in total. The molecular weight excluding hydrogens is 350 g/mol. The van der Waals surface area contributed by atoms with Gasteiger partial charge in [-0.25, -0.2) is 0 Å². The predicted octanol–water partition coefficient (Wildman–Crippen LogP) is 6.03. The molecule has 1 aliphatic rings. The highest BCUT2D eigenvalue weighted by atomic mass is 16.4. The highest BCUT2D eigenvalue weighted by molar-refractivity contribution is 5.75. The average molecular weight is 392 g/mol. The number of hydrogen-bond acceptors (Lipinski definition) is 2. The molecule has 28 heavy (non-hydrogen) atoms. The Morgan fingerprint density at radius 3 is 2.57 bits per heavy atom. The maximum Gasteiger partial charge on any atom is 0.303 e. The number of allylic oxidation sites excluding steroid dienone is 4. The number of carbonyl (C=O) groups is 2. The Balaban J connectivity index is 2.08. The van der Waals surface area contributed by atoms with Crippen LogP contribution in [0.3, 0.4) is 0 Å². The van der Waals surface area contributed by atoms with Gasteiger partial charge in [-0.2, -0.15) is 0 Å². The molecule has 1 amide bonds. The standard InChI is InChI=1S/C24H41NO3/c1-2-3-4-5-6-9-14-21-16-12-17-22(21)15-10-7-8-11-18-23(26)25-20-13-19-24(27)28/h7,9-10,14,21-22H,2-6,8,11-13,15-20H2,1H3,(H,25,26)(H,27,28)/b10-7-,14-9+/t21?,22-/m0/s1. The second kappa shape index (κ2) is 16.4. The zero-order valence-corrected chi connectivity index (χ0v) is 17.8. The molecule has 0 spiro atoms. The van der Waals surface area contributed by atoms with E-state index in [2.05, 4.69) is 36.5 Å². The first kappa shape index (κ1) is 24.5. The Hall–Kier alpha value is -1.58. The van der Waals surface area contributed by atoms with Crippen molar-refractivity contribution in [2.24, 2.45) is 11.8 Å². The molecule has 0 bridgehead atoms. The first-order chi connectivity index (χ1) is 13.6. The Bertz CT molecular complexity index is 484. The lowest BCUT2D eigenvalue weighted by atomic mass is 9.92. The number of carbonyl (C=O) groups excluding carboxylic acids is 1. The first-order valence-corrected chi connectivity index (χ1v) is 11.4. The van der Waals surface area contributed by atoms with Crippen molar-refractivity contribution in [2.75, 3.05) is 6.54 Å². The van der Waals surface area contributed by atoms with Gasteiger partial charge in [0.15, 0.2) is 0 Å². The summed E-state index contributed by atoms with van der Waals surface area (Å²) in [5.41, 5.74) is 0. The van der Waals surface area contributed by atoms with Gasteiger partial charge < -0.3 is 10.4 Å². The first-order valence-electron chi connectivity index (χ1n) is 11.4. The molecule has 2 atom stereocenters. The Morgan fingerprint density at radius 1 is 0.964 bits per heavy atom. The van der Waals surface area contributed by atoms with Crippen LogP contribution in [0.1, 0.15) is 96.8 Å². The fraction of sp³-hybridized carbons (Fsp3) is 0.750. The molecule has 4 heteroatoms. The van der Waals surface area contributed by atoms with Crippen molar-refractivity contribution in [1.82, 2.24) is 5.32 Å². The van der Waals surface area contributed by atoms with Crippen LogP contribution in [0.5, 0.6) is 0 Å². The van der Waals surface area contributed by atoms with Crippen LogP contribution in [0.15, 0.2) is 24.3 Å². The molecule has 0 aromatic carbocycles. The van der Waals surface area contributed by atoms with Crippen molar-refractivity contribution in [2.45, 2.75) is 96.8 Å². The quantitative estimate of drug-likeness (QED) is 0.249. The average Bonchev–Trinajstić information content (AvgIpc) is 3.11. The molecule has 0 saturated heterocycles. The molecule has 1 aliphatic carbocycles. The summed E-state index contributed by atoms with van der Waals surface area (Å²) in [6.07, 6.45) is 24.1. The van der Waals surface area contributed by atoms with E-state index in [1.165, 1.54) is 51.4 Å². The zero-order valence-electron chi connectivity index (χ0n) is 17.8. The number of carboxylic acid groups (broad SMARTS) is 1. The Labute approximate surface area is 171 Å². The summed E-state index contributed by atoms with van der Waals surface area (Å²) in [5.74, 6) is 0.762. The van der Waals surface area contributed by atoms with Gasteiger partial charge in [-0.15, -0.1) is 0 Å². The number of carboxylic acids is 1. The SMILES string of the molecule is CCCCCC/C=C/C1CCC[C@@H]1C/C=C\CCCC(=O)NCCCC(=O)O. The van der Waals surface area contributed by atoms with Crippen molar-refractivity contribution in [1.29, 1.82) is 0 Å². The number of hydrogen-bond donors (Lipinski definition) is 2. The van der Waals surface area contributed by atoms with Gasteiger partial charge in [-0.1, -0.05) is 56.9 Å². The van der Waals surface area contributed by atoms with Gasteiger partial charge in [-0.3, -0.25) is 9.59 Å². The fourth-order valence-electron chi connectivity index (χ4n) is 3.90. The van der Waals surface area contributed by atoms with Gasteiger partial charge in [0.25, 0.3) is 0 Å². The number of aliphatic carboxylic acids is 1. The Kier molecular flexibility index (Phi) is 14.3. The van der Waals surface area contributed by atoms with E-state index in [4.69, 9.17) is 5.11 Å². The van der Waals surface area contributed by atoms with Crippen LogP contribution in [-0.2, 0) is 9.59 Å². The largest absolute Gasteiger partial charge is 0.481 e. The molecule has 0 aromatic heterocycles. The molecule has 1 saturated carbocycles. The number of nitrogens with one attached hydrogen (secondary N) is 1. The van der Waals surface area contributed by atoms with Crippen LogP contribution in [0, 0.1) is 11.8 Å². The van der Waals surface area contributed by atoms with Crippen molar-refractivity contribution in [3.63, 3.8) is 0 Å². The Morgan fingerprint density at radius 2 is 1.79 bits per heavy atom. The van der Waals surface area contributed by atoms with E-state index < -0.39 is 5.97 Å². The molecule has 1 rings (SSSR count). The summed E-state index contributed by atoms with van der Waals surface area (Å²) >= 11 is 0. The molecule has 0 heterocycles. The van der Waals surface area contributed by atoms with Crippen LogP contribution in [0.25, 0.3) is 0 Å². The van der Waals surface area contributed by atoms with Crippen LogP contribution < -0.4 is 5.32 Å². The minimum Gasteiger partial charge on any atom is -0.481 e. The van der Waals surface area contributed by atoms with E-state index in [0.717, 1.165) is 31.1 Å². The minimum atomic E-state index is -0.814. The second-order valence-corrected chi connectivity index (χ2v) is 8.08. The van der Waals surface area contributed by atoms with Gasteiger partial charge in [0.1, 0.15) is 0 Å². The normalized spacial score (nSPS) is 19.6. The third-order valence-corrected chi connectivity index (χ3v) is 5.60. The summed E-state index contributed by atoms with van der Waals surface area (Å²) < 4.78 is 0. The minimum absolute atomic E-state index is 0.0266. The van der Waals surface area contributed by atoms with Gasteiger partial charge >= 0.3 is 5.97 Å². The van der Waals surface area contributed by atoms with E-state index in [-0.39, 0.29) is 12.3 Å². The highest BCUT2D eigenvalue weighted by Crippen LogP contribution is 2.35. The molecule has 0 radical (unpaired) electrons. The summed E-state index contributed by atoms with van der Waals surface area (Å²) in [6, 6.07) is 0. The molecule has 0 aliphatic heterocycles. The van der Waals surface area contributed by atoms with E-state index in [1.54, 1.807) is 0 Å². The van der Waals surface area contributed by atoms with Crippen molar-refractivity contribution in [3.05, 3.63) is 24.3 Å². The predicted molar refractivity (Wildman–Crippen MR) is 116 cm³/mol. The lowest BCUT2D eigenvalue weighted by Gasteiger charge is -2.14. The summed E-state index contributed by atoms with van der Waals surface area (Å²) in [6.45, 7) is 2.71. The lowest BCUT2D eigenvalue weighted by molar-refractivity contribution is -0.137. The van der Waals surface area contributed by atoms with Crippen molar-refractivity contribution >= 4 is 11.9 Å². The third kappa shape index (κ3) is 12.7. The van der Waals surface area contributed by atoms with E-state index in [0.29, 0.717) is 19.4 Å². The molecule has 4 nitrogen and oxygen atoms in total. The molecular formula is C24H41NO3. The maximum atomic E-state index is 11.7.